The molecule has 0 atom stereocenters. The van der Waals surface area contributed by atoms with Crippen LogP contribution in [0.25, 0.3) is 0 Å². The van der Waals surface area contributed by atoms with Gasteiger partial charge in [0.05, 0.1) is 6.42 Å². The van der Waals surface area contributed by atoms with Gasteiger partial charge in [0.25, 0.3) is 0 Å². The molecule has 14 heavy (non-hydrogen) atoms. The van der Waals surface area contributed by atoms with Crippen molar-refractivity contribution in [3.05, 3.63) is 47.8 Å². The molecule has 74 valence electrons. The summed E-state index contributed by atoms with van der Waals surface area (Å²) in [6, 6.07) is 4.55. The monoisotopic (exact) mass is 193 g/mol. The van der Waals surface area contributed by atoms with Crippen LogP contribution >= 0.6 is 0 Å². The zero-order chi connectivity index (χ0) is 10.6. The van der Waals surface area contributed by atoms with Crippen LogP contribution in [0.4, 0.5) is 4.39 Å². The lowest BCUT2D eigenvalue weighted by Gasteiger charge is -2.03. The van der Waals surface area contributed by atoms with Crippen molar-refractivity contribution in [2.75, 3.05) is 0 Å². The minimum absolute atomic E-state index is 0.143. The second kappa shape index (κ2) is 4.56. The Morgan fingerprint density at radius 1 is 1.57 bits per heavy atom. The number of allylic oxidation sites excluding steroid dienone is 1. The quantitative estimate of drug-likeness (QED) is 0.725. The molecular formula is C11H12FNO. The molecule has 3 heteroatoms. The first kappa shape index (κ1) is 10.4. The predicted molar refractivity (Wildman–Crippen MR) is 53.2 cm³/mol. The van der Waals surface area contributed by atoms with Crippen molar-refractivity contribution in [3.8, 4) is 0 Å². The van der Waals surface area contributed by atoms with Crippen LogP contribution in [-0.4, -0.2) is 5.91 Å². The minimum atomic E-state index is -0.416. The van der Waals surface area contributed by atoms with Crippen molar-refractivity contribution in [3.63, 3.8) is 0 Å². The number of hydrogen-bond donors (Lipinski definition) is 1. The number of hydrogen-bond acceptors (Lipinski definition) is 1. The summed E-state index contributed by atoms with van der Waals surface area (Å²) < 4.78 is 13.1. The second-order valence-corrected chi connectivity index (χ2v) is 3.06. The lowest BCUT2D eigenvalue weighted by Crippen LogP contribution is -2.13. The lowest BCUT2D eigenvalue weighted by atomic mass is 10.1. The molecule has 2 nitrogen and oxygen atoms in total. The van der Waals surface area contributed by atoms with Gasteiger partial charge in [-0.3, -0.25) is 4.79 Å². The fraction of sp³-hybridized carbons (Fsp3) is 0.182. The van der Waals surface area contributed by atoms with E-state index in [2.05, 4.69) is 6.58 Å². The molecule has 1 rings (SSSR count). The molecule has 0 heterocycles. The molecule has 0 aliphatic rings. The van der Waals surface area contributed by atoms with E-state index >= 15 is 0 Å². The van der Waals surface area contributed by atoms with E-state index in [0.717, 1.165) is 5.56 Å². The molecule has 0 aliphatic carbocycles. The standard InChI is InChI=1S/C11H12FNO/c1-2-3-9-6-8(7-11(13)14)4-5-10(9)12/h2,4-6H,1,3,7H2,(H2,13,14). The van der Waals surface area contributed by atoms with Crippen LogP contribution in [0.1, 0.15) is 11.1 Å². The number of rotatable bonds is 4. The molecule has 0 saturated heterocycles. The number of nitrogens with two attached hydrogens (primary N) is 1. The van der Waals surface area contributed by atoms with E-state index < -0.39 is 5.91 Å². The van der Waals surface area contributed by atoms with Gasteiger partial charge in [-0.05, 0) is 23.6 Å². The SMILES string of the molecule is C=CCc1cc(CC(N)=O)ccc1F. The van der Waals surface area contributed by atoms with Gasteiger partial charge >= 0.3 is 0 Å². The fourth-order valence-corrected chi connectivity index (χ4v) is 1.25. The van der Waals surface area contributed by atoms with Crippen LogP contribution in [0.3, 0.4) is 0 Å². The molecular weight excluding hydrogens is 181 g/mol. The Bertz CT molecular complexity index is 360. The Morgan fingerprint density at radius 3 is 2.86 bits per heavy atom. The highest BCUT2D eigenvalue weighted by Crippen LogP contribution is 2.12. The average molecular weight is 193 g/mol. The van der Waals surface area contributed by atoms with Crippen LogP contribution in [0.5, 0.6) is 0 Å². The number of carbonyl (C=O) groups is 1. The first-order valence-electron chi connectivity index (χ1n) is 4.30. The maximum absolute atomic E-state index is 13.1. The molecule has 1 aromatic carbocycles. The number of carbonyl (C=O) groups excluding carboxylic acids is 1. The topological polar surface area (TPSA) is 43.1 Å². The second-order valence-electron chi connectivity index (χ2n) is 3.06. The predicted octanol–water partition coefficient (Wildman–Crippen LogP) is 1.58. The number of primary amides is 1. The van der Waals surface area contributed by atoms with Gasteiger partial charge in [-0.25, -0.2) is 4.39 Å². The van der Waals surface area contributed by atoms with Crippen molar-refractivity contribution in [2.24, 2.45) is 5.73 Å². The molecule has 0 saturated carbocycles. The highest BCUT2D eigenvalue weighted by molar-refractivity contribution is 5.76. The Morgan fingerprint density at radius 2 is 2.29 bits per heavy atom. The third kappa shape index (κ3) is 2.69. The summed E-state index contributed by atoms with van der Waals surface area (Å²) >= 11 is 0. The summed E-state index contributed by atoms with van der Waals surface area (Å²) in [4.78, 5) is 10.6. The van der Waals surface area contributed by atoms with E-state index in [9.17, 15) is 9.18 Å². The van der Waals surface area contributed by atoms with Crippen LogP contribution in [0, 0.1) is 5.82 Å². The molecule has 0 aromatic heterocycles. The summed E-state index contributed by atoms with van der Waals surface area (Å²) in [5.41, 5.74) is 6.31. The van der Waals surface area contributed by atoms with Gasteiger partial charge in [0.1, 0.15) is 5.82 Å². The maximum atomic E-state index is 13.1. The highest BCUT2D eigenvalue weighted by Gasteiger charge is 2.03. The average Bonchev–Trinajstić information content (AvgIpc) is 2.10. The molecule has 0 aliphatic heterocycles. The smallest absolute Gasteiger partial charge is 0.221 e. The van der Waals surface area contributed by atoms with Gasteiger partial charge in [0.2, 0.25) is 5.91 Å². The lowest BCUT2D eigenvalue weighted by molar-refractivity contribution is -0.117. The summed E-state index contributed by atoms with van der Waals surface area (Å²) in [6.07, 6.45) is 2.22. The van der Waals surface area contributed by atoms with E-state index in [1.807, 2.05) is 0 Å². The maximum Gasteiger partial charge on any atom is 0.221 e. The first-order valence-corrected chi connectivity index (χ1v) is 4.30. The Kier molecular flexibility index (Phi) is 3.40. The molecule has 1 amide bonds. The fourth-order valence-electron chi connectivity index (χ4n) is 1.25. The van der Waals surface area contributed by atoms with Gasteiger partial charge in [-0.1, -0.05) is 18.2 Å². The summed E-state index contributed by atoms with van der Waals surface area (Å²) in [7, 11) is 0. The van der Waals surface area contributed by atoms with E-state index in [-0.39, 0.29) is 12.2 Å². The van der Waals surface area contributed by atoms with Gasteiger partial charge in [0, 0.05) is 0 Å². The highest BCUT2D eigenvalue weighted by atomic mass is 19.1. The molecule has 0 unspecified atom stereocenters. The normalized spacial score (nSPS) is 9.79. The third-order valence-electron chi connectivity index (χ3n) is 1.85. The van der Waals surface area contributed by atoms with Crippen molar-refractivity contribution in [2.45, 2.75) is 12.8 Å². The van der Waals surface area contributed by atoms with Crippen molar-refractivity contribution in [1.29, 1.82) is 0 Å². The zero-order valence-corrected chi connectivity index (χ0v) is 7.79. The molecule has 0 bridgehead atoms. The largest absolute Gasteiger partial charge is 0.369 e. The number of halogens is 1. The Hall–Kier alpha value is -1.64. The Labute approximate surface area is 82.2 Å². The summed E-state index contributed by atoms with van der Waals surface area (Å²) in [5, 5.41) is 0. The molecule has 0 spiro atoms. The molecule has 0 radical (unpaired) electrons. The van der Waals surface area contributed by atoms with E-state index in [4.69, 9.17) is 5.73 Å². The van der Waals surface area contributed by atoms with Crippen molar-refractivity contribution in [1.82, 2.24) is 0 Å². The van der Waals surface area contributed by atoms with E-state index in [0.29, 0.717) is 12.0 Å². The van der Waals surface area contributed by atoms with Crippen molar-refractivity contribution < 1.29 is 9.18 Å². The van der Waals surface area contributed by atoms with Crippen LogP contribution in [0.15, 0.2) is 30.9 Å². The number of amides is 1. The third-order valence-corrected chi connectivity index (χ3v) is 1.85. The molecule has 0 fully saturated rings. The van der Waals surface area contributed by atoms with Crippen LogP contribution < -0.4 is 5.73 Å². The molecule has 1 aromatic rings. The van der Waals surface area contributed by atoms with Gasteiger partial charge in [-0.15, -0.1) is 6.58 Å². The minimum Gasteiger partial charge on any atom is -0.369 e. The van der Waals surface area contributed by atoms with E-state index in [1.165, 1.54) is 6.07 Å². The Balaban J connectivity index is 2.93. The van der Waals surface area contributed by atoms with Crippen LogP contribution in [-0.2, 0) is 17.6 Å². The van der Waals surface area contributed by atoms with Crippen molar-refractivity contribution >= 4 is 5.91 Å². The van der Waals surface area contributed by atoms with Gasteiger partial charge in [-0.2, -0.15) is 0 Å². The van der Waals surface area contributed by atoms with Gasteiger partial charge in [0.15, 0.2) is 0 Å². The van der Waals surface area contributed by atoms with Gasteiger partial charge < -0.3 is 5.73 Å². The molecule has 2 N–H and O–H groups in total. The van der Waals surface area contributed by atoms with Crippen LogP contribution in [0.2, 0.25) is 0 Å². The van der Waals surface area contributed by atoms with E-state index in [1.54, 1.807) is 18.2 Å². The first-order chi connectivity index (χ1) is 6.63. The summed E-state index contributed by atoms with van der Waals surface area (Å²) in [5.74, 6) is -0.695. The summed E-state index contributed by atoms with van der Waals surface area (Å²) in [6.45, 7) is 3.53. The number of benzene rings is 1. The zero-order valence-electron chi connectivity index (χ0n) is 7.79.